The lowest BCUT2D eigenvalue weighted by atomic mass is 10.1. The van der Waals surface area contributed by atoms with E-state index >= 15 is 0 Å². The average molecular weight is 970 g/mol. The first kappa shape index (κ1) is 65.8. The van der Waals surface area contributed by atoms with Gasteiger partial charge in [-0.1, -0.05) is 239 Å². The van der Waals surface area contributed by atoms with Crippen molar-refractivity contribution in [1.82, 2.24) is 0 Å². The van der Waals surface area contributed by atoms with Crippen molar-refractivity contribution in [1.29, 1.82) is 0 Å². The van der Waals surface area contributed by atoms with Crippen LogP contribution in [0.1, 0.15) is 245 Å². The first-order valence-electron chi connectivity index (χ1n) is 28.5. The van der Waals surface area contributed by atoms with Gasteiger partial charge in [0.05, 0.1) is 0 Å². The summed E-state index contributed by atoms with van der Waals surface area (Å²) in [5, 5.41) is 0. The molecule has 0 aliphatic carbocycles. The Kier molecular flexibility index (Phi) is 54.0. The number of allylic oxidation sites excluding steroid dienone is 20. The van der Waals surface area contributed by atoms with E-state index in [0.717, 1.165) is 161 Å². The van der Waals surface area contributed by atoms with Gasteiger partial charge in [-0.25, -0.2) is 0 Å². The molecule has 0 amide bonds. The zero-order valence-corrected chi connectivity index (χ0v) is 45.2. The molecule has 1 unspecified atom stereocenters. The summed E-state index contributed by atoms with van der Waals surface area (Å²) in [4.78, 5) is 38.1. The number of hydrogen-bond donors (Lipinski definition) is 0. The molecule has 70 heavy (non-hydrogen) atoms. The van der Waals surface area contributed by atoms with Crippen molar-refractivity contribution in [2.24, 2.45) is 0 Å². The Labute approximate surface area is 431 Å². The van der Waals surface area contributed by atoms with Crippen molar-refractivity contribution in [3.05, 3.63) is 122 Å². The maximum Gasteiger partial charge on any atom is 0.306 e. The van der Waals surface area contributed by atoms with Gasteiger partial charge in [-0.3, -0.25) is 14.4 Å². The molecule has 1 atom stereocenters. The molecular weight excluding hydrogens is 865 g/mol. The molecule has 0 fully saturated rings. The fourth-order valence-electron chi connectivity index (χ4n) is 7.49. The van der Waals surface area contributed by atoms with Crippen molar-refractivity contribution in [3.8, 4) is 0 Å². The third-order valence-electron chi connectivity index (χ3n) is 11.7. The van der Waals surface area contributed by atoms with Crippen LogP contribution in [0.4, 0.5) is 0 Å². The standard InChI is InChI=1S/C64H104O6/c1-4-7-10-13-16-19-22-24-26-28-30-32-34-36-38-40-42-45-48-51-54-57-63(66)69-60-61(59-68-62(65)56-53-50-47-44-21-18-15-12-9-6-3)70-64(67)58-55-52-49-46-43-41-39-37-35-33-31-29-27-25-23-20-17-14-11-8-5-2/h7-8,10-11,16-17,19-20,24-27,30-33,36-39,61H,4-6,9,12-15,18,21-23,28-29,34-35,40-60H2,1-3H3/b10-7-,11-8-,19-16-,20-17-,26-24-,27-25-,32-30-,33-31-,38-36-,39-37-. The molecule has 0 N–H and O–H groups in total. The Morgan fingerprint density at radius 3 is 0.871 bits per heavy atom. The van der Waals surface area contributed by atoms with Gasteiger partial charge in [0.2, 0.25) is 0 Å². The molecule has 0 aliphatic rings. The SMILES string of the molecule is CC/C=C\C/C=C\C/C=C\C/C=C\C/C=C\CCCCCCCC(=O)OCC(COC(=O)CCCCCCCCCCCC)OC(=O)CCCCCCC/C=C\C/C=C\C/C=C\C/C=C\C/C=C\CC. The maximum absolute atomic E-state index is 12.8. The number of hydrogen-bond acceptors (Lipinski definition) is 6. The van der Waals surface area contributed by atoms with E-state index < -0.39 is 6.10 Å². The van der Waals surface area contributed by atoms with Gasteiger partial charge in [0.1, 0.15) is 13.2 Å². The van der Waals surface area contributed by atoms with E-state index in [4.69, 9.17) is 14.2 Å². The molecule has 6 heteroatoms. The Morgan fingerprint density at radius 2 is 0.557 bits per heavy atom. The molecule has 0 rings (SSSR count). The highest BCUT2D eigenvalue weighted by Gasteiger charge is 2.19. The number of unbranched alkanes of at least 4 members (excludes halogenated alkanes) is 19. The summed E-state index contributed by atoms with van der Waals surface area (Å²) in [5.74, 6) is -0.936. The number of carbonyl (C=O) groups is 3. The van der Waals surface area contributed by atoms with E-state index in [0.29, 0.717) is 19.3 Å². The van der Waals surface area contributed by atoms with E-state index in [1.807, 2.05) is 0 Å². The van der Waals surface area contributed by atoms with Gasteiger partial charge >= 0.3 is 17.9 Å². The lowest BCUT2D eigenvalue weighted by Crippen LogP contribution is -2.30. The van der Waals surface area contributed by atoms with Crippen molar-refractivity contribution in [3.63, 3.8) is 0 Å². The Bertz CT molecular complexity index is 1490. The molecular formula is C64H104O6. The van der Waals surface area contributed by atoms with Crippen molar-refractivity contribution in [2.75, 3.05) is 13.2 Å². The molecule has 0 heterocycles. The van der Waals surface area contributed by atoms with Crippen LogP contribution in [0.2, 0.25) is 0 Å². The van der Waals surface area contributed by atoms with E-state index in [-0.39, 0.29) is 31.1 Å². The first-order chi connectivity index (χ1) is 34.5. The lowest BCUT2D eigenvalue weighted by Gasteiger charge is -2.18. The fraction of sp³-hybridized carbons (Fsp3) is 0.641. The second kappa shape index (κ2) is 57.4. The van der Waals surface area contributed by atoms with Crippen LogP contribution >= 0.6 is 0 Å². The van der Waals surface area contributed by atoms with E-state index in [9.17, 15) is 14.4 Å². The largest absolute Gasteiger partial charge is 0.462 e. The van der Waals surface area contributed by atoms with Crippen LogP contribution in [0.25, 0.3) is 0 Å². The highest BCUT2D eigenvalue weighted by Crippen LogP contribution is 2.14. The Morgan fingerprint density at radius 1 is 0.300 bits per heavy atom. The second-order valence-electron chi connectivity index (χ2n) is 18.4. The summed E-state index contributed by atoms with van der Waals surface area (Å²) in [6, 6.07) is 0. The van der Waals surface area contributed by atoms with E-state index in [2.05, 4.69) is 142 Å². The van der Waals surface area contributed by atoms with Crippen molar-refractivity contribution >= 4 is 17.9 Å². The van der Waals surface area contributed by atoms with Gasteiger partial charge in [0.25, 0.3) is 0 Å². The molecule has 0 aromatic rings. The number of carbonyl (C=O) groups excluding carboxylic acids is 3. The smallest absolute Gasteiger partial charge is 0.306 e. The molecule has 6 nitrogen and oxygen atoms in total. The maximum atomic E-state index is 12.8. The summed E-state index contributed by atoms with van der Waals surface area (Å²) < 4.78 is 16.8. The highest BCUT2D eigenvalue weighted by atomic mass is 16.6. The zero-order valence-electron chi connectivity index (χ0n) is 45.2. The molecule has 0 spiro atoms. The van der Waals surface area contributed by atoms with Crippen LogP contribution in [-0.2, 0) is 28.6 Å². The van der Waals surface area contributed by atoms with Gasteiger partial charge in [0.15, 0.2) is 6.10 Å². The molecule has 0 saturated carbocycles. The minimum Gasteiger partial charge on any atom is -0.462 e. The van der Waals surface area contributed by atoms with Gasteiger partial charge in [-0.15, -0.1) is 0 Å². The highest BCUT2D eigenvalue weighted by molar-refractivity contribution is 5.71. The average Bonchev–Trinajstić information content (AvgIpc) is 3.36. The summed E-state index contributed by atoms with van der Waals surface area (Å²) in [6.45, 7) is 6.36. The fourth-order valence-corrected chi connectivity index (χ4v) is 7.49. The normalized spacial score (nSPS) is 13.0. The molecule has 0 bridgehead atoms. The van der Waals surface area contributed by atoms with Gasteiger partial charge in [-0.05, 0) is 109 Å². The molecule has 0 aromatic carbocycles. The predicted octanol–water partition coefficient (Wildman–Crippen LogP) is 19.3. The number of rotatable bonds is 50. The summed E-state index contributed by atoms with van der Waals surface area (Å²) in [5.41, 5.74) is 0. The van der Waals surface area contributed by atoms with Gasteiger partial charge in [-0.2, -0.15) is 0 Å². The first-order valence-corrected chi connectivity index (χ1v) is 28.5. The van der Waals surface area contributed by atoms with Crippen LogP contribution in [0.3, 0.4) is 0 Å². The molecule has 0 aromatic heterocycles. The van der Waals surface area contributed by atoms with Gasteiger partial charge < -0.3 is 14.2 Å². The quantitative estimate of drug-likeness (QED) is 0.0262. The Balaban J connectivity index is 4.42. The molecule has 0 radical (unpaired) electrons. The van der Waals surface area contributed by atoms with Crippen LogP contribution in [0.5, 0.6) is 0 Å². The second-order valence-corrected chi connectivity index (χ2v) is 18.4. The third-order valence-corrected chi connectivity index (χ3v) is 11.7. The summed E-state index contributed by atoms with van der Waals surface area (Å²) >= 11 is 0. The Hall–Kier alpha value is -4.19. The van der Waals surface area contributed by atoms with Crippen LogP contribution in [0, 0.1) is 0 Å². The lowest BCUT2D eigenvalue weighted by molar-refractivity contribution is -0.167. The number of esters is 3. The molecule has 0 saturated heterocycles. The van der Waals surface area contributed by atoms with Crippen LogP contribution in [-0.4, -0.2) is 37.2 Å². The van der Waals surface area contributed by atoms with Crippen LogP contribution < -0.4 is 0 Å². The topological polar surface area (TPSA) is 78.9 Å². The van der Waals surface area contributed by atoms with Crippen molar-refractivity contribution < 1.29 is 28.6 Å². The van der Waals surface area contributed by atoms with E-state index in [1.54, 1.807) is 0 Å². The zero-order chi connectivity index (χ0) is 50.7. The molecule has 0 aliphatic heterocycles. The summed E-state index contributed by atoms with van der Waals surface area (Å²) in [6.07, 6.45) is 79.0. The molecule has 396 valence electrons. The van der Waals surface area contributed by atoms with Crippen molar-refractivity contribution in [2.45, 2.75) is 252 Å². The summed E-state index contributed by atoms with van der Waals surface area (Å²) in [7, 11) is 0. The minimum atomic E-state index is -0.799. The number of ether oxygens (including phenoxy) is 3. The van der Waals surface area contributed by atoms with Crippen LogP contribution in [0.15, 0.2) is 122 Å². The third kappa shape index (κ3) is 54.7. The minimum absolute atomic E-state index is 0.0939. The van der Waals surface area contributed by atoms with Gasteiger partial charge in [0, 0.05) is 19.3 Å². The predicted molar refractivity (Wildman–Crippen MR) is 302 cm³/mol. The monoisotopic (exact) mass is 969 g/mol. The van der Waals surface area contributed by atoms with E-state index in [1.165, 1.54) is 44.9 Å².